The first-order chi connectivity index (χ1) is 13.6. The molecule has 3 aromatic rings. The molecule has 0 bridgehead atoms. The number of carbonyl (C=O) groups excluding carboxylic acids is 2. The average Bonchev–Trinajstić information content (AvgIpc) is 3.15. The Morgan fingerprint density at radius 1 is 1.07 bits per heavy atom. The van der Waals surface area contributed by atoms with Crippen molar-refractivity contribution >= 4 is 11.9 Å². The first kappa shape index (κ1) is 19.1. The topological polar surface area (TPSA) is 73.2 Å². The number of nitrogens with one attached hydrogen (secondary N) is 1. The Morgan fingerprint density at radius 3 is 2.36 bits per heavy atom. The van der Waals surface area contributed by atoms with E-state index in [1.807, 2.05) is 60.7 Å². The Morgan fingerprint density at radius 2 is 1.71 bits per heavy atom. The van der Waals surface area contributed by atoms with E-state index < -0.39 is 5.97 Å². The molecule has 0 aliphatic heterocycles. The minimum absolute atomic E-state index is 0.276. The summed E-state index contributed by atoms with van der Waals surface area (Å²) >= 11 is 0. The van der Waals surface area contributed by atoms with E-state index >= 15 is 0 Å². The largest absolute Gasteiger partial charge is 0.463 e. The molecular weight excluding hydrogens is 354 g/mol. The van der Waals surface area contributed by atoms with E-state index in [1.165, 1.54) is 6.08 Å². The minimum atomic E-state index is -0.497. The van der Waals surface area contributed by atoms with Gasteiger partial charge in [-0.2, -0.15) is 5.10 Å². The lowest BCUT2D eigenvalue weighted by molar-refractivity contribution is -0.137. The maximum Gasteiger partial charge on any atom is 0.332 e. The van der Waals surface area contributed by atoms with Crippen molar-refractivity contribution in [3.63, 3.8) is 0 Å². The van der Waals surface area contributed by atoms with Gasteiger partial charge in [0.25, 0.3) is 5.91 Å². The summed E-state index contributed by atoms with van der Waals surface area (Å²) < 4.78 is 6.54. The molecule has 1 aromatic heterocycles. The van der Waals surface area contributed by atoms with E-state index in [0.29, 0.717) is 17.0 Å². The minimum Gasteiger partial charge on any atom is -0.463 e. The Labute approximate surface area is 163 Å². The quantitative estimate of drug-likeness (QED) is 0.526. The molecule has 0 aliphatic carbocycles. The van der Waals surface area contributed by atoms with Crippen LogP contribution in [0.3, 0.4) is 0 Å². The van der Waals surface area contributed by atoms with Crippen molar-refractivity contribution in [2.75, 3.05) is 6.61 Å². The van der Waals surface area contributed by atoms with E-state index in [9.17, 15) is 9.59 Å². The number of hydrogen-bond donors (Lipinski definition) is 1. The summed E-state index contributed by atoms with van der Waals surface area (Å²) in [5.41, 5.74) is 3.04. The van der Waals surface area contributed by atoms with Crippen LogP contribution in [0.25, 0.3) is 16.9 Å². The maximum atomic E-state index is 12.9. The van der Waals surface area contributed by atoms with Crippen LogP contribution in [-0.2, 0) is 9.53 Å². The fraction of sp³-hybridized carbons (Fsp3) is 0.136. The number of para-hydroxylation sites is 1. The summed E-state index contributed by atoms with van der Waals surface area (Å²) in [5.74, 6) is -0.845. The number of allylic oxidation sites excluding steroid dienone is 1. The smallest absolute Gasteiger partial charge is 0.332 e. The van der Waals surface area contributed by atoms with Gasteiger partial charge in [-0.3, -0.25) is 4.79 Å². The van der Waals surface area contributed by atoms with Crippen LogP contribution in [0.5, 0.6) is 0 Å². The second-order valence-corrected chi connectivity index (χ2v) is 6.07. The van der Waals surface area contributed by atoms with Crippen molar-refractivity contribution in [2.45, 2.75) is 13.8 Å². The average molecular weight is 375 g/mol. The molecule has 0 atom stereocenters. The summed E-state index contributed by atoms with van der Waals surface area (Å²) in [6.45, 7) is 3.64. The van der Waals surface area contributed by atoms with Crippen LogP contribution in [0.2, 0.25) is 0 Å². The van der Waals surface area contributed by atoms with Gasteiger partial charge in [0.2, 0.25) is 0 Å². The molecule has 0 spiro atoms. The van der Waals surface area contributed by atoms with Crippen LogP contribution < -0.4 is 5.32 Å². The molecule has 2 aromatic carbocycles. The highest BCUT2D eigenvalue weighted by atomic mass is 16.5. The highest BCUT2D eigenvalue weighted by Gasteiger charge is 2.19. The number of nitrogens with zero attached hydrogens (tertiary/aromatic N) is 2. The molecular formula is C22H21N3O3. The number of esters is 1. The summed E-state index contributed by atoms with van der Waals surface area (Å²) in [4.78, 5) is 24.5. The van der Waals surface area contributed by atoms with Gasteiger partial charge < -0.3 is 10.1 Å². The zero-order chi connectivity index (χ0) is 19.9. The van der Waals surface area contributed by atoms with Crippen molar-refractivity contribution in [1.29, 1.82) is 0 Å². The lowest BCUT2D eigenvalue weighted by Crippen LogP contribution is -2.22. The van der Waals surface area contributed by atoms with Gasteiger partial charge in [0.1, 0.15) is 5.69 Å². The molecule has 0 unspecified atom stereocenters. The van der Waals surface area contributed by atoms with Crippen molar-refractivity contribution in [1.82, 2.24) is 15.1 Å². The molecule has 6 nitrogen and oxygen atoms in total. The molecule has 142 valence electrons. The second-order valence-electron chi connectivity index (χ2n) is 6.07. The molecule has 1 N–H and O–H groups in total. The first-order valence-corrected chi connectivity index (χ1v) is 8.95. The van der Waals surface area contributed by atoms with Crippen molar-refractivity contribution < 1.29 is 14.3 Å². The van der Waals surface area contributed by atoms with Gasteiger partial charge in [-0.1, -0.05) is 48.5 Å². The lowest BCUT2D eigenvalue weighted by atomic mass is 10.1. The third kappa shape index (κ3) is 4.54. The standard InChI is InChI=1S/C22H21N3O3/c1-3-28-20(26)14-16(2)23-22(27)19-15-25(18-12-8-5-9-13-18)24-21(19)17-10-6-4-7-11-17/h4-15H,3H2,1-2H3,(H,23,27)/b16-14+. The lowest BCUT2D eigenvalue weighted by Gasteiger charge is -2.05. The van der Waals surface area contributed by atoms with Crippen LogP contribution in [0.15, 0.2) is 78.6 Å². The molecule has 0 saturated heterocycles. The molecule has 1 heterocycles. The molecule has 0 radical (unpaired) electrons. The number of hydrogen-bond acceptors (Lipinski definition) is 4. The number of aromatic nitrogens is 2. The van der Waals surface area contributed by atoms with Gasteiger partial charge in [0, 0.05) is 23.5 Å². The normalized spacial score (nSPS) is 11.1. The zero-order valence-corrected chi connectivity index (χ0v) is 15.8. The monoisotopic (exact) mass is 375 g/mol. The number of benzene rings is 2. The van der Waals surface area contributed by atoms with Gasteiger partial charge >= 0.3 is 5.97 Å². The van der Waals surface area contributed by atoms with Crippen LogP contribution in [0, 0.1) is 0 Å². The van der Waals surface area contributed by atoms with Gasteiger partial charge in [-0.25, -0.2) is 9.48 Å². The highest BCUT2D eigenvalue weighted by Crippen LogP contribution is 2.23. The van der Waals surface area contributed by atoms with E-state index in [1.54, 1.807) is 24.7 Å². The third-order valence-electron chi connectivity index (χ3n) is 3.96. The number of amides is 1. The Hall–Kier alpha value is -3.67. The van der Waals surface area contributed by atoms with Crippen molar-refractivity contribution in [2.24, 2.45) is 0 Å². The van der Waals surface area contributed by atoms with E-state index in [4.69, 9.17) is 4.74 Å². The molecule has 3 rings (SSSR count). The molecule has 6 heteroatoms. The summed E-state index contributed by atoms with van der Waals surface area (Å²) in [7, 11) is 0. The zero-order valence-electron chi connectivity index (χ0n) is 15.8. The molecule has 0 fully saturated rings. The van der Waals surface area contributed by atoms with Crippen LogP contribution >= 0.6 is 0 Å². The Kier molecular flexibility index (Phi) is 6.01. The molecule has 1 amide bonds. The van der Waals surface area contributed by atoms with Crippen molar-refractivity contribution in [3.05, 3.63) is 84.2 Å². The van der Waals surface area contributed by atoms with Crippen LogP contribution in [-0.4, -0.2) is 28.3 Å². The third-order valence-corrected chi connectivity index (χ3v) is 3.96. The van der Waals surface area contributed by atoms with Crippen LogP contribution in [0.1, 0.15) is 24.2 Å². The Balaban J connectivity index is 1.96. The molecule has 28 heavy (non-hydrogen) atoms. The van der Waals surface area contributed by atoms with Gasteiger partial charge in [0.15, 0.2) is 0 Å². The van der Waals surface area contributed by atoms with E-state index in [2.05, 4.69) is 10.4 Å². The summed E-state index contributed by atoms with van der Waals surface area (Å²) in [5, 5.41) is 7.34. The molecule has 0 aliphatic rings. The van der Waals surface area contributed by atoms with Gasteiger partial charge in [-0.05, 0) is 26.0 Å². The van der Waals surface area contributed by atoms with E-state index in [-0.39, 0.29) is 12.5 Å². The van der Waals surface area contributed by atoms with Crippen LogP contribution in [0.4, 0.5) is 0 Å². The SMILES string of the molecule is CCOC(=O)/C=C(\C)NC(=O)c1cn(-c2ccccc2)nc1-c1ccccc1. The predicted molar refractivity (Wildman–Crippen MR) is 107 cm³/mol. The second kappa shape index (κ2) is 8.81. The fourth-order valence-electron chi connectivity index (χ4n) is 2.71. The van der Waals surface area contributed by atoms with Crippen molar-refractivity contribution in [3.8, 4) is 16.9 Å². The fourth-order valence-corrected chi connectivity index (χ4v) is 2.71. The number of ether oxygens (including phenoxy) is 1. The molecule has 0 saturated carbocycles. The first-order valence-electron chi connectivity index (χ1n) is 8.95. The maximum absolute atomic E-state index is 12.9. The highest BCUT2D eigenvalue weighted by molar-refractivity contribution is 6.01. The number of carbonyl (C=O) groups is 2. The van der Waals surface area contributed by atoms with Gasteiger partial charge in [-0.15, -0.1) is 0 Å². The van der Waals surface area contributed by atoms with E-state index in [0.717, 1.165) is 11.3 Å². The van der Waals surface area contributed by atoms with Gasteiger partial charge in [0.05, 0.1) is 17.9 Å². The summed E-state index contributed by atoms with van der Waals surface area (Å²) in [6.07, 6.45) is 2.94. The predicted octanol–water partition coefficient (Wildman–Crippen LogP) is 3.74. The summed E-state index contributed by atoms with van der Waals surface area (Å²) in [6, 6.07) is 19.0. The Bertz CT molecular complexity index is 992. The number of rotatable bonds is 6.